The first-order chi connectivity index (χ1) is 14.6. The highest BCUT2D eigenvalue weighted by Gasteiger charge is 2.44. The Bertz CT molecular complexity index is 1070. The minimum absolute atomic E-state index is 0.0198. The lowest BCUT2D eigenvalue weighted by Gasteiger charge is -2.38. The van der Waals surface area contributed by atoms with Gasteiger partial charge in [-0.1, -0.05) is 18.2 Å². The van der Waals surface area contributed by atoms with Gasteiger partial charge < -0.3 is 14.2 Å². The van der Waals surface area contributed by atoms with Crippen molar-refractivity contribution in [1.82, 2.24) is 19.4 Å². The Morgan fingerprint density at radius 2 is 1.87 bits per heavy atom. The highest BCUT2D eigenvalue weighted by Crippen LogP contribution is 2.35. The number of likely N-dealkylation sites (tertiary alicyclic amines) is 1. The number of pyridine rings is 1. The molecule has 2 aliphatic heterocycles. The van der Waals surface area contributed by atoms with Gasteiger partial charge in [0.1, 0.15) is 11.5 Å². The van der Waals surface area contributed by atoms with Crippen molar-refractivity contribution in [2.75, 3.05) is 20.2 Å². The van der Waals surface area contributed by atoms with Crippen molar-refractivity contribution in [3.05, 3.63) is 83.6 Å². The molecule has 0 spiro atoms. The van der Waals surface area contributed by atoms with Crippen LogP contribution in [-0.4, -0.2) is 51.5 Å². The fraction of sp³-hybridized carbons (Fsp3) is 0.304. The van der Waals surface area contributed by atoms with E-state index < -0.39 is 0 Å². The Morgan fingerprint density at radius 1 is 1.07 bits per heavy atom. The van der Waals surface area contributed by atoms with Gasteiger partial charge in [-0.3, -0.25) is 9.69 Å². The summed E-state index contributed by atoms with van der Waals surface area (Å²) >= 11 is 0. The van der Waals surface area contributed by atoms with Gasteiger partial charge in [-0.05, 0) is 35.9 Å². The number of ether oxygens (including phenoxy) is 1. The van der Waals surface area contributed by atoms with Gasteiger partial charge in [-0.25, -0.2) is 9.37 Å². The molecule has 5 rings (SSSR count). The molecule has 0 bridgehead atoms. The molecule has 3 aromatic rings. The summed E-state index contributed by atoms with van der Waals surface area (Å²) in [4.78, 5) is 21.8. The minimum Gasteiger partial charge on any atom is -0.481 e. The Hall–Kier alpha value is -3.19. The summed E-state index contributed by atoms with van der Waals surface area (Å²) in [6.45, 7) is 2.76. The summed E-state index contributed by atoms with van der Waals surface area (Å²) in [5.41, 5.74) is 2.66. The third-order valence-electron chi connectivity index (χ3n) is 6.05. The van der Waals surface area contributed by atoms with E-state index in [-0.39, 0.29) is 23.8 Å². The molecule has 1 saturated heterocycles. The van der Waals surface area contributed by atoms with E-state index in [1.165, 1.54) is 12.1 Å². The first-order valence-electron chi connectivity index (χ1n) is 10.1. The lowest BCUT2D eigenvalue weighted by molar-refractivity contribution is 0.0556. The van der Waals surface area contributed by atoms with Gasteiger partial charge in [0.15, 0.2) is 0 Å². The molecule has 0 N–H and O–H groups in total. The van der Waals surface area contributed by atoms with Crippen molar-refractivity contribution in [3.63, 3.8) is 0 Å². The Labute approximate surface area is 174 Å². The number of methoxy groups -OCH3 is 1. The summed E-state index contributed by atoms with van der Waals surface area (Å²) in [6, 6.07) is 14.4. The summed E-state index contributed by atoms with van der Waals surface area (Å²) in [5.74, 6) is 0.382. The third-order valence-corrected chi connectivity index (χ3v) is 6.05. The van der Waals surface area contributed by atoms with Crippen LogP contribution in [0.25, 0.3) is 0 Å². The van der Waals surface area contributed by atoms with Crippen molar-refractivity contribution >= 4 is 5.91 Å². The van der Waals surface area contributed by atoms with Gasteiger partial charge in [-0.15, -0.1) is 0 Å². The molecule has 0 radical (unpaired) electrons. The van der Waals surface area contributed by atoms with Gasteiger partial charge in [0, 0.05) is 44.1 Å². The normalized spacial score (nSPS) is 20.9. The van der Waals surface area contributed by atoms with Crippen LogP contribution < -0.4 is 4.74 Å². The number of benzene rings is 1. The van der Waals surface area contributed by atoms with Crippen LogP contribution in [0, 0.1) is 5.82 Å². The Kier molecular flexibility index (Phi) is 4.75. The molecule has 2 aliphatic rings. The molecule has 6 nitrogen and oxygen atoms in total. The molecule has 7 heteroatoms. The molecule has 1 fully saturated rings. The zero-order chi connectivity index (χ0) is 20.7. The van der Waals surface area contributed by atoms with E-state index in [4.69, 9.17) is 4.74 Å². The second kappa shape index (κ2) is 7.57. The topological polar surface area (TPSA) is 50.6 Å². The van der Waals surface area contributed by atoms with E-state index >= 15 is 0 Å². The minimum atomic E-state index is -0.270. The van der Waals surface area contributed by atoms with E-state index in [9.17, 15) is 9.18 Å². The van der Waals surface area contributed by atoms with Crippen LogP contribution in [-0.2, 0) is 13.1 Å². The highest BCUT2D eigenvalue weighted by molar-refractivity contribution is 5.94. The molecule has 0 aliphatic carbocycles. The molecular formula is C23H23FN4O2. The maximum Gasteiger partial charge on any atom is 0.271 e. The molecule has 1 amide bonds. The molecule has 2 aromatic heterocycles. The Morgan fingerprint density at radius 3 is 2.67 bits per heavy atom. The zero-order valence-corrected chi connectivity index (χ0v) is 16.7. The van der Waals surface area contributed by atoms with Crippen LogP contribution in [0.3, 0.4) is 0 Å². The number of halogens is 1. The number of carbonyl (C=O) groups is 1. The van der Waals surface area contributed by atoms with Crippen LogP contribution in [0.4, 0.5) is 4.39 Å². The maximum atomic E-state index is 13.3. The first-order valence-corrected chi connectivity index (χ1v) is 10.1. The van der Waals surface area contributed by atoms with E-state index in [0.717, 1.165) is 24.2 Å². The average molecular weight is 406 g/mol. The number of hydrogen-bond acceptors (Lipinski definition) is 4. The maximum absolute atomic E-state index is 13.3. The number of aromatic nitrogens is 2. The van der Waals surface area contributed by atoms with Gasteiger partial charge in [0.25, 0.3) is 5.91 Å². The smallest absolute Gasteiger partial charge is 0.271 e. The SMILES string of the molecule is COc1ncccc1CN1C[C@@H]2[C@H](C1)N(Cc1ccc(F)cc1)C(=O)c1cccn12. The monoisotopic (exact) mass is 406 g/mol. The largest absolute Gasteiger partial charge is 0.481 e. The Balaban J connectivity index is 1.43. The first kappa shape index (κ1) is 18.8. The molecular weight excluding hydrogens is 383 g/mol. The van der Waals surface area contributed by atoms with Crippen molar-refractivity contribution in [1.29, 1.82) is 0 Å². The second-order valence-electron chi connectivity index (χ2n) is 7.86. The van der Waals surface area contributed by atoms with Crippen LogP contribution in [0.15, 0.2) is 60.9 Å². The van der Waals surface area contributed by atoms with E-state index in [2.05, 4.69) is 14.5 Å². The van der Waals surface area contributed by atoms with Crippen molar-refractivity contribution in [3.8, 4) is 5.88 Å². The molecule has 1 aromatic carbocycles. The standard InChI is InChI=1S/C23H23FN4O2/c1-30-22-17(4-2-10-25-22)13-26-14-20-21(15-26)28(12-16-6-8-18(24)9-7-16)23(29)19-5-3-11-27(19)20/h2-11,20-21H,12-15H2,1H3/t20-,21+/m1/s1. The number of rotatable bonds is 5. The number of amides is 1. The molecule has 30 heavy (non-hydrogen) atoms. The number of fused-ring (bicyclic) bond motifs is 3. The van der Waals surface area contributed by atoms with Crippen molar-refractivity contribution < 1.29 is 13.9 Å². The summed E-state index contributed by atoms with van der Waals surface area (Å²) in [7, 11) is 1.63. The second-order valence-corrected chi connectivity index (χ2v) is 7.86. The average Bonchev–Trinajstić information content (AvgIpc) is 3.40. The molecule has 0 saturated carbocycles. The quantitative estimate of drug-likeness (QED) is 0.653. The predicted molar refractivity (Wildman–Crippen MR) is 110 cm³/mol. The van der Waals surface area contributed by atoms with E-state index in [1.807, 2.05) is 35.4 Å². The number of nitrogens with zero attached hydrogens (tertiary/aromatic N) is 4. The van der Waals surface area contributed by atoms with Crippen LogP contribution in [0.5, 0.6) is 5.88 Å². The highest BCUT2D eigenvalue weighted by atomic mass is 19.1. The van der Waals surface area contributed by atoms with Gasteiger partial charge in [-0.2, -0.15) is 0 Å². The third kappa shape index (κ3) is 3.25. The summed E-state index contributed by atoms with van der Waals surface area (Å²) < 4.78 is 20.8. The van der Waals surface area contributed by atoms with E-state index in [1.54, 1.807) is 25.4 Å². The predicted octanol–water partition coefficient (Wildman–Crippen LogP) is 3.11. The fourth-order valence-electron chi connectivity index (χ4n) is 4.66. The number of carbonyl (C=O) groups excluding carboxylic acids is 1. The molecule has 2 atom stereocenters. The lowest BCUT2D eigenvalue weighted by Crippen LogP contribution is -2.49. The number of hydrogen-bond donors (Lipinski definition) is 0. The van der Waals surface area contributed by atoms with Crippen LogP contribution >= 0.6 is 0 Å². The fourth-order valence-corrected chi connectivity index (χ4v) is 4.66. The molecule has 0 unspecified atom stereocenters. The van der Waals surface area contributed by atoms with Gasteiger partial charge in [0.05, 0.1) is 19.2 Å². The summed E-state index contributed by atoms with van der Waals surface area (Å²) in [5, 5.41) is 0. The van der Waals surface area contributed by atoms with Crippen LogP contribution in [0.1, 0.15) is 27.7 Å². The summed E-state index contributed by atoms with van der Waals surface area (Å²) in [6.07, 6.45) is 3.72. The van der Waals surface area contributed by atoms with Gasteiger partial charge >= 0.3 is 0 Å². The van der Waals surface area contributed by atoms with Crippen molar-refractivity contribution in [2.45, 2.75) is 25.2 Å². The van der Waals surface area contributed by atoms with E-state index in [0.29, 0.717) is 24.7 Å². The molecule has 4 heterocycles. The molecule has 154 valence electrons. The van der Waals surface area contributed by atoms with Crippen molar-refractivity contribution in [2.24, 2.45) is 0 Å². The van der Waals surface area contributed by atoms with Crippen LogP contribution in [0.2, 0.25) is 0 Å². The lowest BCUT2D eigenvalue weighted by atomic mass is 10.0. The zero-order valence-electron chi connectivity index (χ0n) is 16.7. The van der Waals surface area contributed by atoms with Gasteiger partial charge in [0.2, 0.25) is 5.88 Å².